The van der Waals surface area contributed by atoms with E-state index in [1.807, 2.05) is 6.92 Å². The van der Waals surface area contributed by atoms with Gasteiger partial charge in [-0.05, 0) is 12.8 Å². The SMILES string of the molecule is CCCn1c(=O)cc(N)n(CCCF)c1=O. The zero-order valence-corrected chi connectivity index (χ0v) is 9.28. The lowest BCUT2D eigenvalue weighted by Crippen LogP contribution is -2.40. The highest BCUT2D eigenvalue weighted by molar-refractivity contribution is 5.26. The van der Waals surface area contributed by atoms with E-state index in [2.05, 4.69) is 0 Å². The molecule has 0 amide bonds. The summed E-state index contributed by atoms with van der Waals surface area (Å²) in [7, 11) is 0. The molecular weight excluding hydrogens is 213 g/mol. The molecule has 0 saturated carbocycles. The second-order valence-corrected chi connectivity index (χ2v) is 3.54. The molecule has 5 nitrogen and oxygen atoms in total. The molecule has 0 saturated heterocycles. The van der Waals surface area contributed by atoms with Crippen LogP contribution in [0.5, 0.6) is 0 Å². The van der Waals surface area contributed by atoms with Crippen LogP contribution in [-0.2, 0) is 13.1 Å². The van der Waals surface area contributed by atoms with Crippen LogP contribution in [0.25, 0.3) is 0 Å². The van der Waals surface area contributed by atoms with E-state index in [0.717, 1.165) is 4.57 Å². The molecule has 1 rings (SSSR count). The maximum Gasteiger partial charge on any atom is 0.332 e. The molecule has 0 radical (unpaired) electrons. The summed E-state index contributed by atoms with van der Waals surface area (Å²) >= 11 is 0. The van der Waals surface area contributed by atoms with Gasteiger partial charge in [-0.25, -0.2) is 4.79 Å². The van der Waals surface area contributed by atoms with Crippen LogP contribution >= 0.6 is 0 Å². The highest BCUT2D eigenvalue weighted by Gasteiger charge is 2.08. The summed E-state index contributed by atoms with van der Waals surface area (Å²) in [5, 5.41) is 0. The number of aromatic nitrogens is 2. The first-order chi connectivity index (χ1) is 7.61. The van der Waals surface area contributed by atoms with Gasteiger partial charge in [-0.3, -0.25) is 18.3 Å². The van der Waals surface area contributed by atoms with Crippen molar-refractivity contribution in [3.05, 3.63) is 26.9 Å². The van der Waals surface area contributed by atoms with Crippen molar-refractivity contribution in [1.82, 2.24) is 9.13 Å². The van der Waals surface area contributed by atoms with E-state index in [4.69, 9.17) is 5.73 Å². The third-order valence-electron chi connectivity index (χ3n) is 2.27. The van der Waals surface area contributed by atoms with Crippen LogP contribution in [0, 0.1) is 0 Å². The molecule has 1 aromatic heterocycles. The van der Waals surface area contributed by atoms with Crippen LogP contribution in [0.15, 0.2) is 15.7 Å². The third-order valence-corrected chi connectivity index (χ3v) is 2.27. The zero-order chi connectivity index (χ0) is 12.1. The molecule has 0 atom stereocenters. The maximum atomic E-state index is 12.0. The van der Waals surface area contributed by atoms with Gasteiger partial charge in [0.25, 0.3) is 5.56 Å². The first kappa shape index (κ1) is 12.5. The van der Waals surface area contributed by atoms with E-state index >= 15 is 0 Å². The lowest BCUT2D eigenvalue weighted by Gasteiger charge is -2.11. The van der Waals surface area contributed by atoms with Crippen molar-refractivity contribution in [3.63, 3.8) is 0 Å². The van der Waals surface area contributed by atoms with Gasteiger partial charge in [0, 0.05) is 19.2 Å². The molecular formula is C10H16FN3O2. The Balaban J connectivity index is 3.22. The van der Waals surface area contributed by atoms with Gasteiger partial charge in [0.2, 0.25) is 0 Å². The van der Waals surface area contributed by atoms with Gasteiger partial charge in [-0.1, -0.05) is 6.92 Å². The minimum atomic E-state index is -0.515. The number of halogens is 1. The molecule has 90 valence electrons. The average molecular weight is 229 g/mol. The van der Waals surface area contributed by atoms with Gasteiger partial charge in [-0.2, -0.15) is 0 Å². The first-order valence-electron chi connectivity index (χ1n) is 5.28. The van der Waals surface area contributed by atoms with Gasteiger partial charge in [0.15, 0.2) is 0 Å². The molecule has 0 spiro atoms. The van der Waals surface area contributed by atoms with Crippen molar-refractivity contribution < 1.29 is 4.39 Å². The smallest absolute Gasteiger partial charge is 0.332 e. The Hall–Kier alpha value is -1.59. The molecule has 0 fully saturated rings. The lowest BCUT2D eigenvalue weighted by atomic mass is 10.4. The molecule has 0 bridgehead atoms. The highest BCUT2D eigenvalue weighted by Crippen LogP contribution is 1.97. The van der Waals surface area contributed by atoms with E-state index in [0.29, 0.717) is 13.0 Å². The number of hydrogen-bond donors (Lipinski definition) is 1. The monoisotopic (exact) mass is 229 g/mol. The van der Waals surface area contributed by atoms with Gasteiger partial charge in [-0.15, -0.1) is 0 Å². The van der Waals surface area contributed by atoms with E-state index in [-0.39, 0.29) is 18.8 Å². The number of rotatable bonds is 5. The molecule has 6 heteroatoms. The summed E-state index contributed by atoms with van der Waals surface area (Å²) in [5.74, 6) is 0.0933. The quantitative estimate of drug-likeness (QED) is 0.792. The largest absolute Gasteiger partial charge is 0.385 e. The topological polar surface area (TPSA) is 70.0 Å². The predicted molar refractivity (Wildman–Crippen MR) is 60.3 cm³/mol. The van der Waals surface area contributed by atoms with E-state index < -0.39 is 17.9 Å². The van der Waals surface area contributed by atoms with E-state index in [1.165, 1.54) is 10.6 Å². The van der Waals surface area contributed by atoms with Crippen molar-refractivity contribution in [1.29, 1.82) is 0 Å². The number of anilines is 1. The van der Waals surface area contributed by atoms with Crippen molar-refractivity contribution in [2.24, 2.45) is 0 Å². The predicted octanol–water partition coefficient (Wildman–Crippen LogP) is 0.362. The fourth-order valence-corrected chi connectivity index (χ4v) is 1.50. The summed E-state index contributed by atoms with van der Waals surface area (Å²) in [6, 6.07) is 1.20. The van der Waals surface area contributed by atoms with Crippen LogP contribution < -0.4 is 17.0 Å². The normalized spacial score (nSPS) is 10.6. The first-order valence-corrected chi connectivity index (χ1v) is 5.28. The van der Waals surface area contributed by atoms with Crippen LogP contribution in [-0.4, -0.2) is 15.8 Å². The molecule has 16 heavy (non-hydrogen) atoms. The number of hydrogen-bond acceptors (Lipinski definition) is 3. The van der Waals surface area contributed by atoms with Crippen LogP contribution in [0.3, 0.4) is 0 Å². The molecule has 2 N–H and O–H groups in total. The number of alkyl halides is 1. The van der Waals surface area contributed by atoms with E-state index in [9.17, 15) is 14.0 Å². The highest BCUT2D eigenvalue weighted by atomic mass is 19.1. The van der Waals surface area contributed by atoms with Crippen molar-refractivity contribution in [2.45, 2.75) is 32.9 Å². The Morgan fingerprint density at radius 1 is 1.31 bits per heavy atom. The fraction of sp³-hybridized carbons (Fsp3) is 0.600. The molecule has 1 heterocycles. The Labute approximate surface area is 92.3 Å². The summed E-state index contributed by atoms with van der Waals surface area (Å²) in [6.45, 7) is 1.91. The van der Waals surface area contributed by atoms with Gasteiger partial charge >= 0.3 is 5.69 Å². The van der Waals surface area contributed by atoms with Gasteiger partial charge in [0.05, 0.1) is 6.67 Å². The zero-order valence-electron chi connectivity index (χ0n) is 9.28. The Kier molecular flexibility index (Phi) is 4.28. The minimum Gasteiger partial charge on any atom is -0.385 e. The lowest BCUT2D eigenvalue weighted by molar-refractivity contribution is 0.436. The summed E-state index contributed by atoms with van der Waals surface area (Å²) < 4.78 is 14.4. The van der Waals surface area contributed by atoms with Crippen LogP contribution in [0.1, 0.15) is 19.8 Å². The second kappa shape index (κ2) is 5.48. The minimum absolute atomic E-state index is 0.0933. The fourth-order valence-electron chi connectivity index (χ4n) is 1.50. The molecule has 0 aliphatic carbocycles. The van der Waals surface area contributed by atoms with Crippen LogP contribution in [0.4, 0.5) is 10.2 Å². The van der Waals surface area contributed by atoms with Crippen molar-refractivity contribution in [2.75, 3.05) is 12.4 Å². The molecule has 0 unspecified atom stereocenters. The second-order valence-electron chi connectivity index (χ2n) is 3.54. The van der Waals surface area contributed by atoms with Gasteiger partial charge < -0.3 is 5.73 Å². The summed E-state index contributed by atoms with van der Waals surface area (Å²) in [6.07, 6.45) is 0.899. The van der Waals surface area contributed by atoms with Crippen molar-refractivity contribution in [3.8, 4) is 0 Å². The third kappa shape index (κ3) is 2.50. The van der Waals surface area contributed by atoms with Gasteiger partial charge in [0.1, 0.15) is 5.82 Å². The Bertz CT molecular complexity index is 464. The molecule has 0 aliphatic heterocycles. The molecule has 0 aromatic carbocycles. The standard InChI is InChI=1S/C10H16FN3O2/c1-2-5-14-9(15)7-8(12)13(10(14)16)6-3-4-11/h7H,2-6,12H2,1H3. The summed E-state index contributed by atoms with van der Waals surface area (Å²) in [4.78, 5) is 23.3. The summed E-state index contributed by atoms with van der Waals surface area (Å²) in [5.41, 5.74) is 4.70. The maximum absolute atomic E-state index is 12.0. The van der Waals surface area contributed by atoms with E-state index in [1.54, 1.807) is 0 Å². The number of nitrogen functional groups attached to an aromatic ring is 1. The average Bonchev–Trinajstić information content (AvgIpc) is 2.24. The molecule has 1 aromatic rings. The number of nitrogens with two attached hydrogens (primary N) is 1. The Morgan fingerprint density at radius 3 is 2.56 bits per heavy atom. The van der Waals surface area contributed by atoms with Crippen LogP contribution in [0.2, 0.25) is 0 Å². The Morgan fingerprint density at radius 2 is 2.00 bits per heavy atom. The van der Waals surface area contributed by atoms with Crippen molar-refractivity contribution >= 4 is 5.82 Å². The molecule has 0 aliphatic rings. The number of nitrogens with zero attached hydrogens (tertiary/aromatic N) is 2.